The van der Waals surface area contributed by atoms with Gasteiger partial charge in [0.15, 0.2) is 0 Å². The van der Waals surface area contributed by atoms with Crippen molar-refractivity contribution in [1.29, 1.82) is 0 Å². The Balaban J connectivity index is 3.74. The van der Waals surface area contributed by atoms with Crippen LogP contribution in [0.15, 0.2) is 0 Å². The Morgan fingerprint density at radius 2 is 1.62 bits per heavy atom. The zero-order chi connectivity index (χ0) is 12.4. The van der Waals surface area contributed by atoms with E-state index in [0.29, 0.717) is 5.92 Å². The molecular weight excluding hydrogens is 200 g/mol. The molecule has 0 heterocycles. The van der Waals surface area contributed by atoms with Crippen molar-refractivity contribution in [3.63, 3.8) is 0 Å². The van der Waals surface area contributed by atoms with Gasteiger partial charge in [0.2, 0.25) is 0 Å². The summed E-state index contributed by atoms with van der Waals surface area (Å²) in [7, 11) is 0. The van der Waals surface area contributed by atoms with E-state index < -0.39 is 5.97 Å². The van der Waals surface area contributed by atoms with Gasteiger partial charge in [0.05, 0.1) is 5.92 Å². The summed E-state index contributed by atoms with van der Waals surface area (Å²) < 4.78 is 0. The van der Waals surface area contributed by atoms with Crippen LogP contribution >= 0.6 is 0 Å². The first kappa shape index (κ1) is 15.5. The summed E-state index contributed by atoms with van der Waals surface area (Å²) in [5.41, 5.74) is 0. The van der Waals surface area contributed by atoms with Crippen molar-refractivity contribution in [2.45, 2.75) is 72.1 Å². The van der Waals surface area contributed by atoms with E-state index in [9.17, 15) is 4.79 Å². The molecule has 96 valence electrons. The van der Waals surface area contributed by atoms with Gasteiger partial charge in [0, 0.05) is 0 Å². The summed E-state index contributed by atoms with van der Waals surface area (Å²) in [5, 5.41) is 9.12. The number of aliphatic carboxylic acids is 1. The maximum Gasteiger partial charge on any atom is 0.306 e. The zero-order valence-electron chi connectivity index (χ0n) is 11.2. The van der Waals surface area contributed by atoms with E-state index in [1.54, 1.807) is 0 Å². The fourth-order valence-electron chi connectivity index (χ4n) is 2.23. The lowest BCUT2D eigenvalue weighted by molar-refractivity contribution is -0.143. The van der Waals surface area contributed by atoms with Crippen molar-refractivity contribution in [3.8, 4) is 0 Å². The molecule has 2 nitrogen and oxygen atoms in total. The van der Waals surface area contributed by atoms with E-state index in [-0.39, 0.29) is 5.92 Å². The molecule has 0 aromatic heterocycles. The van der Waals surface area contributed by atoms with Crippen molar-refractivity contribution in [2.24, 2.45) is 11.8 Å². The molecule has 0 saturated heterocycles. The van der Waals surface area contributed by atoms with E-state index in [0.717, 1.165) is 19.3 Å². The lowest BCUT2D eigenvalue weighted by atomic mass is 9.86. The van der Waals surface area contributed by atoms with Crippen LogP contribution in [-0.4, -0.2) is 11.1 Å². The summed E-state index contributed by atoms with van der Waals surface area (Å²) in [6.07, 6.45) is 9.19. The highest BCUT2D eigenvalue weighted by molar-refractivity contribution is 5.70. The molecule has 2 atom stereocenters. The molecule has 0 rings (SSSR count). The Labute approximate surface area is 100 Å². The lowest BCUT2D eigenvalue weighted by Gasteiger charge is -2.19. The van der Waals surface area contributed by atoms with Crippen molar-refractivity contribution in [1.82, 2.24) is 0 Å². The summed E-state index contributed by atoms with van der Waals surface area (Å²) in [6, 6.07) is 0. The van der Waals surface area contributed by atoms with E-state index in [2.05, 4.69) is 20.8 Å². The Hall–Kier alpha value is -0.530. The van der Waals surface area contributed by atoms with Gasteiger partial charge in [-0.25, -0.2) is 0 Å². The van der Waals surface area contributed by atoms with Crippen LogP contribution in [0.4, 0.5) is 0 Å². The van der Waals surface area contributed by atoms with Crippen LogP contribution in [0.2, 0.25) is 0 Å². The lowest BCUT2D eigenvalue weighted by Crippen LogP contribution is -2.21. The van der Waals surface area contributed by atoms with Crippen LogP contribution in [0, 0.1) is 11.8 Å². The minimum Gasteiger partial charge on any atom is -0.481 e. The maximum atomic E-state index is 11.1. The molecule has 0 fully saturated rings. The highest BCUT2D eigenvalue weighted by atomic mass is 16.4. The second kappa shape index (κ2) is 9.68. The number of carboxylic acid groups (broad SMARTS) is 1. The molecule has 16 heavy (non-hydrogen) atoms. The van der Waals surface area contributed by atoms with Gasteiger partial charge in [-0.15, -0.1) is 0 Å². The molecule has 0 bridgehead atoms. The minimum atomic E-state index is -0.608. The Morgan fingerprint density at radius 1 is 1.00 bits per heavy atom. The SMILES string of the molecule is CCCCCCCC(C)C(CCC)C(=O)O. The third-order valence-corrected chi connectivity index (χ3v) is 3.37. The molecule has 0 saturated carbocycles. The standard InChI is InChI=1S/C14H28O2/c1-4-6-7-8-9-11-12(3)13(10-5-2)14(15)16/h12-13H,4-11H2,1-3H3,(H,15,16). The van der Waals surface area contributed by atoms with Crippen molar-refractivity contribution in [2.75, 3.05) is 0 Å². The average Bonchev–Trinajstić information content (AvgIpc) is 2.24. The molecule has 0 aliphatic rings. The van der Waals surface area contributed by atoms with Crippen molar-refractivity contribution >= 4 is 5.97 Å². The van der Waals surface area contributed by atoms with Crippen LogP contribution in [0.3, 0.4) is 0 Å². The third-order valence-electron chi connectivity index (χ3n) is 3.37. The highest BCUT2D eigenvalue weighted by Crippen LogP contribution is 2.23. The van der Waals surface area contributed by atoms with Gasteiger partial charge in [-0.05, 0) is 18.8 Å². The van der Waals surface area contributed by atoms with Crippen LogP contribution in [0.5, 0.6) is 0 Å². The molecule has 0 aromatic rings. The first-order valence-corrected chi connectivity index (χ1v) is 6.86. The molecule has 0 amide bonds. The molecular formula is C14H28O2. The predicted octanol–water partition coefficient (Wildman–Crippen LogP) is 4.48. The summed E-state index contributed by atoms with van der Waals surface area (Å²) in [5.74, 6) is -0.404. The fourth-order valence-corrected chi connectivity index (χ4v) is 2.23. The number of carboxylic acids is 1. The van der Waals surface area contributed by atoms with Gasteiger partial charge in [-0.1, -0.05) is 59.3 Å². The van der Waals surface area contributed by atoms with Gasteiger partial charge in [0.25, 0.3) is 0 Å². The highest BCUT2D eigenvalue weighted by Gasteiger charge is 2.22. The fraction of sp³-hybridized carbons (Fsp3) is 0.929. The molecule has 0 radical (unpaired) electrons. The number of hydrogen-bond donors (Lipinski definition) is 1. The van der Waals surface area contributed by atoms with Gasteiger partial charge in [0.1, 0.15) is 0 Å². The summed E-state index contributed by atoms with van der Waals surface area (Å²) in [4.78, 5) is 11.1. The van der Waals surface area contributed by atoms with Gasteiger partial charge >= 0.3 is 5.97 Å². The topological polar surface area (TPSA) is 37.3 Å². The van der Waals surface area contributed by atoms with Gasteiger partial charge < -0.3 is 5.11 Å². The monoisotopic (exact) mass is 228 g/mol. The van der Waals surface area contributed by atoms with Crippen LogP contribution in [0.1, 0.15) is 72.1 Å². The van der Waals surface area contributed by atoms with Crippen molar-refractivity contribution in [3.05, 3.63) is 0 Å². The second-order valence-electron chi connectivity index (χ2n) is 4.91. The molecule has 2 heteroatoms. The molecule has 0 spiro atoms. The maximum absolute atomic E-state index is 11.1. The van der Waals surface area contributed by atoms with E-state index in [1.165, 1.54) is 32.1 Å². The van der Waals surface area contributed by atoms with E-state index in [4.69, 9.17) is 5.11 Å². The smallest absolute Gasteiger partial charge is 0.306 e. The number of carbonyl (C=O) groups is 1. The van der Waals surface area contributed by atoms with Crippen LogP contribution in [-0.2, 0) is 4.79 Å². The van der Waals surface area contributed by atoms with Crippen LogP contribution in [0.25, 0.3) is 0 Å². The normalized spacial score (nSPS) is 14.7. The zero-order valence-corrected chi connectivity index (χ0v) is 11.2. The Bertz CT molecular complexity index is 178. The summed E-state index contributed by atoms with van der Waals surface area (Å²) >= 11 is 0. The molecule has 2 unspecified atom stereocenters. The van der Waals surface area contributed by atoms with E-state index in [1.807, 2.05) is 0 Å². The molecule has 1 N–H and O–H groups in total. The molecule has 0 aliphatic heterocycles. The number of unbranched alkanes of at least 4 members (excludes halogenated alkanes) is 4. The quantitative estimate of drug-likeness (QED) is 0.560. The third kappa shape index (κ3) is 6.86. The molecule has 0 aromatic carbocycles. The second-order valence-corrected chi connectivity index (χ2v) is 4.91. The first-order valence-electron chi connectivity index (χ1n) is 6.86. The number of hydrogen-bond acceptors (Lipinski definition) is 1. The summed E-state index contributed by atoms with van der Waals surface area (Å²) in [6.45, 7) is 6.36. The molecule has 0 aliphatic carbocycles. The van der Waals surface area contributed by atoms with E-state index >= 15 is 0 Å². The Kier molecular flexibility index (Phi) is 9.36. The van der Waals surface area contributed by atoms with Crippen molar-refractivity contribution < 1.29 is 9.90 Å². The first-order chi connectivity index (χ1) is 7.63. The van der Waals surface area contributed by atoms with Gasteiger partial charge in [-0.2, -0.15) is 0 Å². The Morgan fingerprint density at radius 3 is 2.12 bits per heavy atom. The van der Waals surface area contributed by atoms with Crippen LogP contribution < -0.4 is 0 Å². The largest absolute Gasteiger partial charge is 0.481 e. The minimum absolute atomic E-state index is 0.129. The number of rotatable bonds is 10. The predicted molar refractivity (Wildman–Crippen MR) is 68.6 cm³/mol. The van der Waals surface area contributed by atoms with Gasteiger partial charge in [-0.3, -0.25) is 4.79 Å². The average molecular weight is 228 g/mol.